The van der Waals surface area contributed by atoms with Gasteiger partial charge < -0.3 is 14.2 Å². The molecule has 34 heteroatoms. The maximum atomic E-state index is 12.7. The van der Waals surface area contributed by atoms with E-state index >= 15 is 0 Å². The summed E-state index contributed by atoms with van der Waals surface area (Å²) in [6.07, 6.45) is 0.745. The van der Waals surface area contributed by atoms with Gasteiger partial charge in [0, 0.05) is 45.9 Å². The number of hydrogen-bond acceptors (Lipinski definition) is 15. The molecule has 6 N–H and O–H groups in total. The van der Waals surface area contributed by atoms with Crippen LogP contribution in [-0.2, 0) is 60.1 Å². The summed E-state index contributed by atoms with van der Waals surface area (Å²) in [7, 11) is -21.8. The lowest BCUT2D eigenvalue weighted by Gasteiger charge is -2.24. The third kappa shape index (κ3) is 36.6. The minimum Gasteiger partial charge on any atom is -0.434 e. The molecule has 6 rings (SSSR count). The molecular formula is C84H131ClF6N6O15S6. The highest BCUT2D eigenvalue weighted by Gasteiger charge is 2.32. The van der Waals surface area contributed by atoms with Gasteiger partial charge in [0.25, 0.3) is 0 Å². The smallest absolute Gasteiger partial charge is 0.387 e. The molecule has 0 radical (unpaired) electrons. The van der Waals surface area contributed by atoms with Crippen molar-refractivity contribution in [1.82, 2.24) is 28.3 Å². The number of aryl methyl sites for hydroxylation is 3. The molecule has 6 aromatic rings. The molecule has 0 saturated heterocycles. The van der Waals surface area contributed by atoms with Gasteiger partial charge in [-0.2, -0.15) is 26.3 Å². The van der Waals surface area contributed by atoms with Crippen LogP contribution >= 0.6 is 11.6 Å². The van der Waals surface area contributed by atoms with Crippen LogP contribution < -0.4 is 42.5 Å². The lowest BCUT2D eigenvalue weighted by Crippen LogP contribution is -2.42. The van der Waals surface area contributed by atoms with Gasteiger partial charge in [-0.3, -0.25) is 0 Å². The number of sulfonamides is 6. The first-order valence-corrected chi connectivity index (χ1v) is 47.9. The minimum atomic E-state index is -3.96. The molecule has 21 nitrogen and oxygen atoms in total. The van der Waals surface area contributed by atoms with Crippen molar-refractivity contribution in [1.29, 1.82) is 0 Å². The number of nitrogens with one attached hydrogen (secondary N) is 6. The molecule has 118 heavy (non-hydrogen) atoms. The Hall–Kier alpha value is -5.95. The predicted molar refractivity (Wildman–Crippen MR) is 463 cm³/mol. The van der Waals surface area contributed by atoms with Crippen molar-refractivity contribution in [3.05, 3.63) is 158 Å². The van der Waals surface area contributed by atoms with Crippen molar-refractivity contribution in [3.63, 3.8) is 0 Å². The molecule has 0 aromatic heterocycles. The molecule has 0 heterocycles. The molecule has 0 atom stereocenters. The van der Waals surface area contributed by atoms with Gasteiger partial charge in [0.05, 0.1) is 24.5 Å². The Balaban J connectivity index is 0.000000710. The van der Waals surface area contributed by atoms with E-state index in [1.54, 1.807) is 106 Å². The van der Waals surface area contributed by atoms with E-state index in [0.29, 0.717) is 49.1 Å². The SMILES string of the molecule is CC(C)NS(=O)(=O)c1ccc(C(C)C)c(OC(F)F)c1.CC(C)c1ccc(S(=O)(=O)NC(C)(C)C)c(Cl)c1OC(F)F.CCC(C)(C)NS(=O)(=O)c1ccc(C(C)C)c(C)c1.Cc1c(S(=O)(=O)NC(C)(C)C)ccc(C(C)C)c1OC(F)F.Cc1cc(S(=O)(=O)NC(C)(C)C)ccc1C(C)C.Cc1cc(S(=O)(=O)NC(C)C)ccc1C(C)C. The van der Waals surface area contributed by atoms with E-state index in [1.807, 2.05) is 122 Å². The number of ether oxygens (including phenoxy) is 3. The molecule has 0 saturated carbocycles. The summed E-state index contributed by atoms with van der Waals surface area (Å²) in [5.41, 5.74) is 6.00. The van der Waals surface area contributed by atoms with E-state index in [0.717, 1.165) is 29.2 Å². The summed E-state index contributed by atoms with van der Waals surface area (Å²) < 4.78 is 251. The Kier molecular flexibility index (Phi) is 41.9. The second-order valence-electron chi connectivity index (χ2n) is 34.7. The van der Waals surface area contributed by atoms with Gasteiger partial charge in [0.2, 0.25) is 60.1 Å². The van der Waals surface area contributed by atoms with Crippen LogP contribution in [0, 0.1) is 27.7 Å². The molecule has 0 fully saturated rings. The highest BCUT2D eigenvalue weighted by molar-refractivity contribution is 7.91. The summed E-state index contributed by atoms with van der Waals surface area (Å²) >= 11 is 6.04. The fraction of sp³-hybridized carbons (Fsp3) is 0.571. The second kappa shape index (κ2) is 44.9. The quantitative estimate of drug-likeness (QED) is 0.0249. The molecule has 0 aliphatic carbocycles. The monoisotopic (exact) mass is 1800 g/mol. The zero-order chi connectivity index (χ0) is 92.3. The average Bonchev–Trinajstić information content (AvgIpc) is 0.781. The number of rotatable bonds is 28. The molecule has 0 unspecified atom stereocenters. The highest BCUT2D eigenvalue weighted by Crippen LogP contribution is 2.41. The van der Waals surface area contributed by atoms with Gasteiger partial charge in [-0.15, -0.1) is 0 Å². The second-order valence-corrected chi connectivity index (χ2v) is 45.2. The van der Waals surface area contributed by atoms with Gasteiger partial charge in [-0.1, -0.05) is 138 Å². The maximum absolute atomic E-state index is 12.7. The summed E-state index contributed by atoms with van der Waals surface area (Å²) in [5.74, 6) is 0.447. The third-order valence-corrected chi connectivity index (χ3v) is 27.7. The fourth-order valence-corrected chi connectivity index (χ4v) is 20.8. The van der Waals surface area contributed by atoms with Crippen molar-refractivity contribution in [2.24, 2.45) is 0 Å². The Morgan fingerprint density at radius 3 is 0.890 bits per heavy atom. The van der Waals surface area contributed by atoms with Gasteiger partial charge >= 0.3 is 19.8 Å². The van der Waals surface area contributed by atoms with E-state index in [1.165, 1.54) is 60.0 Å². The Bertz CT molecular complexity index is 4900. The number of benzene rings is 6. The first-order valence-electron chi connectivity index (χ1n) is 38.6. The first-order chi connectivity index (χ1) is 53.2. The van der Waals surface area contributed by atoms with Crippen molar-refractivity contribution >= 4 is 71.7 Å². The summed E-state index contributed by atoms with van der Waals surface area (Å²) in [6.45, 7) is 50.0. The lowest BCUT2D eigenvalue weighted by molar-refractivity contribution is -0.0517. The van der Waals surface area contributed by atoms with Crippen LogP contribution in [-0.4, -0.2) is 105 Å². The number of halogens is 7. The van der Waals surface area contributed by atoms with Gasteiger partial charge in [-0.25, -0.2) is 78.8 Å². The minimum absolute atomic E-state index is 0.0533. The topological polar surface area (TPSA) is 305 Å². The largest absolute Gasteiger partial charge is 0.434 e. The van der Waals surface area contributed by atoms with Gasteiger partial charge in [0.15, 0.2) is 0 Å². The van der Waals surface area contributed by atoms with Crippen LogP contribution in [0.5, 0.6) is 17.2 Å². The molecule has 0 amide bonds. The summed E-state index contributed by atoms with van der Waals surface area (Å²) in [6, 6.07) is 25.3. The maximum Gasteiger partial charge on any atom is 0.387 e. The van der Waals surface area contributed by atoms with E-state index < -0.39 is 102 Å². The molecule has 0 spiro atoms. The van der Waals surface area contributed by atoms with Crippen molar-refractivity contribution < 1.29 is 91.1 Å². The lowest BCUT2D eigenvalue weighted by atomic mass is 9.98. The van der Waals surface area contributed by atoms with Crippen LogP contribution in [0.2, 0.25) is 5.02 Å². The van der Waals surface area contributed by atoms with E-state index in [4.69, 9.17) is 11.6 Å². The van der Waals surface area contributed by atoms with E-state index in [2.05, 4.69) is 84.1 Å². The average molecular weight is 1810 g/mol. The van der Waals surface area contributed by atoms with Crippen molar-refractivity contribution in [3.8, 4) is 17.2 Å². The number of alkyl halides is 6. The van der Waals surface area contributed by atoms with Crippen LogP contribution in [0.15, 0.2) is 126 Å². The van der Waals surface area contributed by atoms with E-state index in [9.17, 15) is 76.8 Å². The molecule has 0 aliphatic rings. The molecule has 0 aliphatic heterocycles. The van der Waals surface area contributed by atoms with E-state index in [-0.39, 0.29) is 72.4 Å². The highest BCUT2D eigenvalue weighted by atomic mass is 35.5. The predicted octanol–water partition coefficient (Wildman–Crippen LogP) is 20.6. The molecular weight excluding hydrogens is 1670 g/mol. The van der Waals surface area contributed by atoms with Crippen molar-refractivity contribution in [2.75, 3.05) is 0 Å². The first kappa shape index (κ1) is 110. The van der Waals surface area contributed by atoms with Gasteiger partial charge in [-0.05, 0) is 278 Å². The van der Waals surface area contributed by atoms with Crippen molar-refractivity contribution in [2.45, 2.75) is 347 Å². The summed E-state index contributed by atoms with van der Waals surface area (Å²) in [4.78, 5) is 0.584. The molecule has 672 valence electrons. The van der Waals surface area contributed by atoms with Crippen LogP contribution in [0.3, 0.4) is 0 Å². The van der Waals surface area contributed by atoms with Crippen LogP contribution in [0.25, 0.3) is 0 Å². The Labute approximate surface area is 708 Å². The third-order valence-electron chi connectivity index (χ3n) is 16.8. The van der Waals surface area contributed by atoms with Gasteiger partial charge in [0.1, 0.15) is 27.2 Å². The summed E-state index contributed by atoms with van der Waals surface area (Å²) in [5, 5.41) is -0.344. The fourth-order valence-electron chi connectivity index (χ4n) is 11.5. The number of hydrogen-bond donors (Lipinski definition) is 6. The van der Waals surface area contributed by atoms with Crippen LogP contribution in [0.1, 0.15) is 291 Å². The Morgan fingerprint density at radius 2 is 0.593 bits per heavy atom. The Morgan fingerprint density at radius 1 is 0.331 bits per heavy atom. The van der Waals surface area contributed by atoms with Crippen LogP contribution in [0.4, 0.5) is 26.3 Å². The molecule has 0 bridgehead atoms. The normalized spacial score (nSPS) is 12.8. The molecule has 6 aromatic carbocycles. The zero-order valence-corrected chi connectivity index (χ0v) is 80.2. The standard InChI is InChI=1S/C15H23F2NO3S.C15H25NO2S.C14H20ClF2NO3S.C14H23NO2S.C13H19F2NO3S.C13H21NO2S/c1-9(2)11-7-8-12(10(3)13(11)21-14(16)17)22(19,20)18-15(4,5)6;1-7-15(5,6)16-19(17,18)13-8-9-14(11(2)3)12(4)10-13;1-8(2)9-6-7-10(11(15)12(9)21-13(16)17)22(19,20)18-14(3,4)5;1-10(2)13-8-7-12(9-11(13)3)18(16,17)15-14(4,5)6;1-8(2)11-6-5-10(7-12(11)19-13(14)15)20(17,18)16-9(3)4;1-9(2)13-7-6-12(8-11(13)5)17(15,16)14-10(3)4/h7-9,14,18H,1-6H3;8-11,16H,7H2,1-6H3;6-8,13,18H,1-5H3;7-10,15H,1-6H3;5-9,13,16H,1-4H3;6-10,14H,1-5H3. The zero-order valence-electron chi connectivity index (χ0n) is 74.5.